The zero-order chi connectivity index (χ0) is 11.5. The summed E-state index contributed by atoms with van der Waals surface area (Å²) in [6.45, 7) is 7.52. The maximum absolute atomic E-state index is 5.71. The average molecular weight is 219 g/mol. The van der Waals surface area contributed by atoms with Crippen LogP contribution in [0, 0.1) is 0 Å². The SMILES string of the molecule is CCNC(CC)c1ccc2c(c1)CC(C)O2. The standard InChI is InChI=1S/C14H21NO/c1-4-13(15-5-2)11-6-7-14-12(9-11)8-10(3)16-14/h6-7,9-10,13,15H,4-5,8H2,1-3H3. The number of hydrogen-bond donors (Lipinski definition) is 1. The van der Waals surface area contributed by atoms with E-state index < -0.39 is 0 Å². The maximum atomic E-state index is 5.71. The monoisotopic (exact) mass is 219 g/mol. The molecule has 0 bridgehead atoms. The second-order valence-electron chi connectivity index (χ2n) is 4.52. The van der Waals surface area contributed by atoms with Crippen molar-refractivity contribution < 1.29 is 4.74 Å². The molecule has 0 radical (unpaired) electrons. The van der Waals surface area contributed by atoms with Gasteiger partial charge in [-0.3, -0.25) is 0 Å². The van der Waals surface area contributed by atoms with Crippen molar-refractivity contribution in [2.45, 2.75) is 45.8 Å². The van der Waals surface area contributed by atoms with Crippen LogP contribution in [0.1, 0.15) is 44.4 Å². The molecule has 1 aliphatic heterocycles. The first-order valence-electron chi connectivity index (χ1n) is 6.27. The smallest absolute Gasteiger partial charge is 0.123 e. The molecule has 0 aliphatic carbocycles. The van der Waals surface area contributed by atoms with Crippen LogP contribution in [0.4, 0.5) is 0 Å². The van der Waals surface area contributed by atoms with Crippen LogP contribution in [0.3, 0.4) is 0 Å². The summed E-state index contributed by atoms with van der Waals surface area (Å²) in [4.78, 5) is 0. The lowest BCUT2D eigenvalue weighted by atomic mass is 10.00. The largest absolute Gasteiger partial charge is 0.490 e. The number of hydrogen-bond acceptors (Lipinski definition) is 2. The zero-order valence-corrected chi connectivity index (χ0v) is 10.4. The van der Waals surface area contributed by atoms with Gasteiger partial charge in [0.15, 0.2) is 0 Å². The molecule has 2 nitrogen and oxygen atoms in total. The van der Waals surface area contributed by atoms with E-state index in [1.807, 2.05) is 0 Å². The van der Waals surface area contributed by atoms with Gasteiger partial charge in [-0.15, -0.1) is 0 Å². The molecule has 1 aromatic carbocycles. The molecule has 0 aromatic heterocycles. The van der Waals surface area contributed by atoms with Crippen LogP contribution < -0.4 is 10.1 Å². The quantitative estimate of drug-likeness (QED) is 0.840. The first-order valence-corrected chi connectivity index (χ1v) is 6.27. The molecular weight excluding hydrogens is 198 g/mol. The van der Waals surface area contributed by atoms with Gasteiger partial charge in [-0.05, 0) is 37.1 Å². The van der Waals surface area contributed by atoms with Crippen LogP contribution >= 0.6 is 0 Å². The van der Waals surface area contributed by atoms with Gasteiger partial charge in [0.2, 0.25) is 0 Å². The van der Waals surface area contributed by atoms with E-state index in [-0.39, 0.29) is 0 Å². The predicted octanol–water partition coefficient (Wildman–Crippen LogP) is 3.07. The Hall–Kier alpha value is -1.02. The lowest BCUT2D eigenvalue weighted by Crippen LogP contribution is -2.20. The average Bonchev–Trinajstić information content (AvgIpc) is 2.64. The van der Waals surface area contributed by atoms with E-state index in [4.69, 9.17) is 4.74 Å². The Morgan fingerprint density at radius 1 is 1.44 bits per heavy atom. The van der Waals surface area contributed by atoms with Gasteiger partial charge in [0.25, 0.3) is 0 Å². The molecule has 0 amide bonds. The fraction of sp³-hybridized carbons (Fsp3) is 0.571. The molecular formula is C14H21NO. The van der Waals surface area contributed by atoms with Crippen LogP contribution in [-0.4, -0.2) is 12.6 Å². The fourth-order valence-electron chi connectivity index (χ4n) is 2.40. The first-order chi connectivity index (χ1) is 7.74. The first kappa shape index (κ1) is 11.5. The Morgan fingerprint density at radius 2 is 2.25 bits per heavy atom. The van der Waals surface area contributed by atoms with Gasteiger partial charge in [-0.25, -0.2) is 0 Å². The van der Waals surface area contributed by atoms with Crippen molar-refractivity contribution in [2.24, 2.45) is 0 Å². The number of fused-ring (bicyclic) bond motifs is 1. The molecule has 1 aromatic rings. The van der Waals surface area contributed by atoms with E-state index >= 15 is 0 Å². The Balaban J connectivity index is 2.20. The zero-order valence-electron chi connectivity index (χ0n) is 10.4. The minimum absolute atomic E-state index is 0.337. The second kappa shape index (κ2) is 4.88. The van der Waals surface area contributed by atoms with Gasteiger partial charge in [0.1, 0.15) is 11.9 Å². The molecule has 0 saturated heterocycles. The minimum Gasteiger partial charge on any atom is -0.490 e. The predicted molar refractivity (Wildman–Crippen MR) is 66.9 cm³/mol. The molecule has 2 heteroatoms. The van der Waals surface area contributed by atoms with Gasteiger partial charge in [0, 0.05) is 12.5 Å². The van der Waals surface area contributed by atoms with Crippen molar-refractivity contribution in [1.29, 1.82) is 0 Å². The third kappa shape index (κ3) is 2.22. The van der Waals surface area contributed by atoms with Crippen LogP contribution in [0.25, 0.3) is 0 Å². The summed E-state index contributed by atoms with van der Waals surface area (Å²) in [6.07, 6.45) is 2.51. The summed E-state index contributed by atoms with van der Waals surface area (Å²) in [6, 6.07) is 7.09. The van der Waals surface area contributed by atoms with Gasteiger partial charge in [0.05, 0.1) is 0 Å². The van der Waals surface area contributed by atoms with E-state index in [1.165, 1.54) is 11.1 Å². The lowest BCUT2D eigenvalue weighted by Gasteiger charge is -2.16. The summed E-state index contributed by atoms with van der Waals surface area (Å²) in [5.74, 6) is 1.07. The van der Waals surface area contributed by atoms with E-state index in [0.717, 1.165) is 25.1 Å². The summed E-state index contributed by atoms with van der Waals surface area (Å²) < 4.78 is 5.71. The van der Waals surface area contributed by atoms with Crippen molar-refractivity contribution in [3.05, 3.63) is 29.3 Å². The van der Waals surface area contributed by atoms with E-state index in [2.05, 4.69) is 44.3 Å². The Bertz CT molecular complexity index is 362. The van der Waals surface area contributed by atoms with E-state index in [1.54, 1.807) is 0 Å². The van der Waals surface area contributed by atoms with Crippen molar-refractivity contribution in [1.82, 2.24) is 5.32 Å². The number of rotatable bonds is 4. The highest BCUT2D eigenvalue weighted by Gasteiger charge is 2.20. The Kier molecular flexibility index (Phi) is 3.49. The Labute approximate surface area is 98.0 Å². The summed E-state index contributed by atoms with van der Waals surface area (Å²) in [5.41, 5.74) is 2.75. The van der Waals surface area contributed by atoms with E-state index in [0.29, 0.717) is 12.1 Å². The fourth-order valence-corrected chi connectivity index (χ4v) is 2.40. The molecule has 88 valence electrons. The highest BCUT2D eigenvalue weighted by molar-refractivity contribution is 5.41. The normalized spacial score (nSPS) is 20.3. The molecule has 1 aliphatic rings. The van der Waals surface area contributed by atoms with Crippen LogP contribution in [0.5, 0.6) is 5.75 Å². The molecule has 0 fully saturated rings. The topological polar surface area (TPSA) is 21.3 Å². The van der Waals surface area contributed by atoms with Crippen molar-refractivity contribution in [2.75, 3.05) is 6.54 Å². The van der Waals surface area contributed by atoms with Crippen molar-refractivity contribution >= 4 is 0 Å². The van der Waals surface area contributed by atoms with Gasteiger partial charge >= 0.3 is 0 Å². The Morgan fingerprint density at radius 3 is 2.94 bits per heavy atom. The van der Waals surface area contributed by atoms with E-state index in [9.17, 15) is 0 Å². The maximum Gasteiger partial charge on any atom is 0.123 e. The van der Waals surface area contributed by atoms with Gasteiger partial charge < -0.3 is 10.1 Å². The third-order valence-corrected chi connectivity index (χ3v) is 3.18. The van der Waals surface area contributed by atoms with Crippen molar-refractivity contribution in [3.8, 4) is 5.75 Å². The third-order valence-electron chi connectivity index (χ3n) is 3.18. The molecule has 2 atom stereocenters. The highest BCUT2D eigenvalue weighted by atomic mass is 16.5. The minimum atomic E-state index is 0.337. The molecule has 0 saturated carbocycles. The van der Waals surface area contributed by atoms with Crippen LogP contribution in [0.15, 0.2) is 18.2 Å². The highest BCUT2D eigenvalue weighted by Crippen LogP contribution is 2.31. The molecule has 2 unspecified atom stereocenters. The number of nitrogens with one attached hydrogen (secondary N) is 1. The molecule has 0 spiro atoms. The number of benzene rings is 1. The number of ether oxygens (including phenoxy) is 1. The summed E-state index contributed by atoms with van der Waals surface area (Å²) in [5, 5.41) is 3.51. The molecule has 2 rings (SSSR count). The molecule has 1 heterocycles. The summed E-state index contributed by atoms with van der Waals surface area (Å²) in [7, 11) is 0. The van der Waals surface area contributed by atoms with Crippen LogP contribution in [-0.2, 0) is 6.42 Å². The van der Waals surface area contributed by atoms with Gasteiger partial charge in [-0.1, -0.05) is 26.0 Å². The molecule has 1 N–H and O–H groups in total. The van der Waals surface area contributed by atoms with Crippen molar-refractivity contribution in [3.63, 3.8) is 0 Å². The second-order valence-corrected chi connectivity index (χ2v) is 4.52. The summed E-state index contributed by atoms with van der Waals surface area (Å²) >= 11 is 0. The molecule has 16 heavy (non-hydrogen) atoms. The lowest BCUT2D eigenvalue weighted by molar-refractivity contribution is 0.254. The van der Waals surface area contributed by atoms with Crippen LogP contribution in [0.2, 0.25) is 0 Å². The van der Waals surface area contributed by atoms with Gasteiger partial charge in [-0.2, -0.15) is 0 Å².